The van der Waals surface area contributed by atoms with Crippen LogP contribution in [0.2, 0.25) is 0 Å². The SMILES string of the molecule is O=C(Cn1cc(S(=O)(=O)N2CCCC2)ccc1=O)Nc1ccc(N2CCCC2)cc1. The molecule has 2 fully saturated rings. The molecule has 1 aromatic carbocycles. The molecule has 1 N–H and O–H groups in total. The normalized spacial score (nSPS) is 17.4. The number of nitrogens with zero attached hydrogens (tertiary/aromatic N) is 3. The lowest BCUT2D eigenvalue weighted by atomic mass is 10.2. The number of carbonyl (C=O) groups excluding carboxylic acids is 1. The van der Waals surface area contributed by atoms with Crippen molar-refractivity contribution in [3.63, 3.8) is 0 Å². The Hall–Kier alpha value is -2.65. The number of anilines is 2. The Labute approximate surface area is 176 Å². The van der Waals surface area contributed by atoms with Crippen molar-refractivity contribution in [2.45, 2.75) is 37.1 Å². The van der Waals surface area contributed by atoms with E-state index in [1.165, 1.54) is 35.5 Å². The van der Waals surface area contributed by atoms with Gasteiger partial charge in [-0.3, -0.25) is 9.59 Å². The first kappa shape index (κ1) is 20.6. The van der Waals surface area contributed by atoms with Crippen molar-refractivity contribution in [2.75, 3.05) is 36.4 Å². The molecule has 0 saturated carbocycles. The summed E-state index contributed by atoms with van der Waals surface area (Å²) in [6, 6.07) is 10.1. The van der Waals surface area contributed by atoms with Crippen LogP contribution in [0.4, 0.5) is 11.4 Å². The van der Waals surface area contributed by atoms with Crippen molar-refractivity contribution in [3.8, 4) is 0 Å². The van der Waals surface area contributed by atoms with Crippen molar-refractivity contribution in [1.82, 2.24) is 8.87 Å². The van der Waals surface area contributed by atoms with Crippen molar-refractivity contribution >= 4 is 27.3 Å². The van der Waals surface area contributed by atoms with Crippen LogP contribution in [0.15, 0.2) is 52.3 Å². The summed E-state index contributed by atoms with van der Waals surface area (Å²) in [5.41, 5.74) is 1.34. The van der Waals surface area contributed by atoms with E-state index >= 15 is 0 Å². The number of rotatable bonds is 6. The summed E-state index contributed by atoms with van der Waals surface area (Å²) in [5, 5.41) is 2.77. The third-order valence-corrected chi connectivity index (χ3v) is 7.48. The molecule has 2 aromatic rings. The number of hydrogen-bond acceptors (Lipinski definition) is 5. The van der Waals surface area contributed by atoms with Crippen LogP contribution in [0.5, 0.6) is 0 Å². The van der Waals surface area contributed by atoms with Crippen LogP contribution in [-0.2, 0) is 21.4 Å². The van der Waals surface area contributed by atoms with Gasteiger partial charge in [-0.05, 0) is 56.0 Å². The lowest BCUT2D eigenvalue weighted by Crippen LogP contribution is -2.31. The molecule has 8 nitrogen and oxygen atoms in total. The van der Waals surface area contributed by atoms with Crippen LogP contribution >= 0.6 is 0 Å². The summed E-state index contributed by atoms with van der Waals surface area (Å²) >= 11 is 0. The standard InChI is InChI=1S/C21H26N4O4S/c26-20(22-17-5-7-18(8-6-17)23-11-1-2-12-23)16-24-15-19(9-10-21(24)27)30(28,29)25-13-3-4-14-25/h5-10,15H,1-4,11-14,16H2,(H,22,26). The number of amides is 1. The second kappa shape index (κ2) is 8.61. The lowest BCUT2D eigenvalue weighted by molar-refractivity contribution is -0.116. The first-order valence-electron chi connectivity index (χ1n) is 10.3. The summed E-state index contributed by atoms with van der Waals surface area (Å²) in [6.07, 6.45) is 5.31. The van der Waals surface area contributed by atoms with E-state index in [1.807, 2.05) is 24.3 Å². The first-order valence-corrected chi connectivity index (χ1v) is 11.7. The Morgan fingerprint density at radius 1 is 0.900 bits per heavy atom. The molecule has 0 aliphatic carbocycles. The second-order valence-corrected chi connectivity index (χ2v) is 9.67. The van der Waals surface area contributed by atoms with E-state index in [9.17, 15) is 18.0 Å². The number of carbonyl (C=O) groups is 1. The Balaban J connectivity index is 1.44. The third-order valence-electron chi connectivity index (χ3n) is 5.60. The molecule has 3 heterocycles. The van der Waals surface area contributed by atoms with Gasteiger partial charge < -0.3 is 14.8 Å². The highest BCUT2D eigenvalue weighted by atomic mass is 32.2. The van der Waals surface area contributed by atoms with E-state index in [2.05, 4.69) is 10.2 Å². The van der Waals surface area contributed by atoms with Gasteiger partial charge in [0.2, 0.25) is 15.9 Å². The molecule has 0 unspecified atom stereocenters. The number of benzene rings is 1. The number of hydrogen-bond donors (Lipinski definition) is 1. The summed E-state index contributed by atoms with van der Waals surface area (Å²) in [5.74, 6) is -0.387. The average molecular weight is 431 g/mol. The maximum atomic E-state index is 12.7. The molecule has 0 spiro atoms. The van der Waals surface area contributed by atoms with Crippen LogP contribution in [0.25, 0.3) is 0 Å². The van der Waals surface area contributed by atoms with E-state index in [0.717, 1.165) is 36.2 Å². The average Bonchev–Trinajstić information content (AvgIpc) is 3.44. The topological polar surface area (TPSA) is 91.7 Å². The van der Waals surface area contributed by atoms with Crippen LogP contribution in [-0.4, -0.2) is 49.4 Å². The second-order valence-electron chi connectivity index (χ2n) is 7.73. The maximum absolute atomic E-state index is 12.7. The fourth-order valence-electron chi connectivity index (χ4n) is 3.95. The predicted molar refractivity (Wildman–Crippen MR) is 115 cm³/mol. The molecule has 160 valence electrons. The molecule has 0 atom stereocenters. The van der Waals surface area contributed by atoms with E-state index in [4.69, 9.17) is 0 Å². The Kier molecular flexibility index (Phi) is 5.92. The summed E-state index contributed by atoms with van der Waals surface area (Å²) in [4.78, 5) is 27.0. The Morgan fingerprint density at radius 3 is 2.20 bits per heavy atom. The highest BCUT2D eigenvalue weighted by Crippen LogP contribution is 2.22. The van der Waals surface area contributed by atoms with Crippen LogP contribution in [0.1, 0.15) is 25.7 Å². The zero-order valence-electron chi connectivity index (χ0n) is 16.8. The molecule has 2 aliphatic heterocycles. The molecule has 4 rings (SSSR count). The van der Waals surface area contributed by atoms with Crippen LogP contribution < -0.4 is 15.8 Å². The van der Waals surface area contributed by atoms with E-state index in [1.54, 1.807) is 0 Å². The van der Waals surface area contributed by atoms with Gasteiger partial charge in [0.15, 0.2) is 0 Å². The number of aromatic nitrogens is 1. The van der Waals surface area contributed by atoms with Gasteiger partial charge in [-0.15, -0.1) is 0 Å². The highest BCUT2D eigenvalue weighted by molar-refractivity contribution is 7.89. The van der Waals surface area contributed by atoms with Gasteiger partial charge in [-0.2, -0.15) is 4.31 Å². The highest BCUT2D eigenvalue weighted by Gasteiger charge is 2.27. The monoisotopic (exact) mass is 430 g/mol. The molecule has 2 aliphatic rings. The predicted octanol–water partition coefficient (Wildman–Crippen LogP) is 1.87. The zero-order valence-corrected chi connectivity index (χ0v) is 17.6. The fourth-order valence-corrected chi connectivity index (χ4v) is 5.49. The van der Waals surface area contributed by atoms with Gasteiger partial charge in [-0.25, -0.2) is 8.42 Å². The minimum absolute atomic E-state index is 0.0340. The summed E-state index contributed by atoms with van der Waals surface area (Å²) in [6.45, 7) is 2.80. The zero-order chi connectivity index (χ0) is 21.1. The van der Waals surface area contributed by atoms with Gasteiger partial charge in [0.05, 0.1) is 4.90 Å². The minimum atomic E-state index is -3.65. The van der Waals surface area contributed by atoms with Crippen LogP contribution in [0.3, 0.4) is 0 Å². The molecule has 2 saturated heterocycles. The maximum Gasteiger partial charge on any atom is 0.251 e. The third kappa shape index (κ3) is 4.41. The molecule has 0 bridgehead atoms. The summed E-state index contributed by atoms with van der Waals surface area (Å²) < 4.78 is 28.0. The molecule has 1 aromatic heterocycles. The quantitative estimate of drug-likeness (QED) is 0.756. The van der Waals surface area contributed by atoms with Crippen molar-refractivity contribution < 1.29 is 13.2 Å². The Morgan fingerprint density at radius 2 is 1.53 bits per heavy atom. The van der Waals surface area contributed by atoms with Crippen molar-refractivity contribution in [3.05, 3.63) is 52.9 Å². The van der Waals surface area contributed by atoms with E-state index in [-0.39, 0.29) is 17.3 Å². The first-order chi connectivity index (χ1) is 14.4. The van der Waals surface area contributed by atoms with Gasteiger partial charge in [0, 0.05) is 49.8 Å². The van der Waals surface area contributed by atoms with Crippen molar-refractivity contribution in [1.29, 1.82) is 0 Å². The van der Waals surface area contributed by atoms with Gasteiger partial charge in [0.25, 0.3) is 5.56 Å². The summed E-state index contributed by atoms with van der Waals surface area (Å²) in [7, 11) is -3.65. The van der Waals surface area contributed by atoms with E-state index in [0.29, 0.717) is 18.8 Å². The molecule has 1 amide bonds. The van der Waals surface area contributed by atoms with Gasteiger partial charge >= 0.3 is 0 Å². The smallest absolute Gasteiger partial charge is 0.251 e. The van der Waals surface area contributed by atoms with Crippen molar-refractivity contribution in [2.24, 2.45) is 0 Å². The minimum Gasteiger partial charge on any atom is -0.372 e. The number of sulfonamides is 1. The van der Waals surface area contributed by atoms with E-state index < -0.39 is 15.6 Å². The Bertz CT molecular complexity index is 1070. The molecule has 30 heavy (non-hydrogen) atoms. The largest absolute Gasteiger partial charge is 0.372 e. The number of pyridine rings is 1. The molecule has 0 radical (unpaired) electrons. The molecule has 9 heteroatoms. The number of nitrogens with one attached hydrogen (secondary N) is 1. The lowest BCUT2D eigenvalue weighted by Gasteiger charge is -2.18. The van der Waals surface area contributed by atoms with Gasteiger partial charge in [0.1, 0.15) is 6.54 Å². The van der Waals surface area contributed by atoms with Gasteiger partial charge in [-0.1, -0.05) is 0 Å². The molecular weight excluding hydrogens is 404 g/mol. The van der Waals surface area contributed by atoms with Crippen LogP contribution in [0, 0.1) is 0 Å². The molecular formula is C21H26N4O4S. The fraction of sp³-hybridized carbons (Fsp3) is 0.429.